The molecule has 0 aliphatic rings. The summed E-state index contributed by atoms with van der Waals surface area (Å²) in [5.41, 5.74) is 0.764. The number of hydrogen-bond acceptors (Lipinski definition) is 4. The molecule has 2 aromatic heterocycles. The molecule has 2 heterocycles. The lowest BCUT2D eigenvalue weighted by molar-refractivity contribution is -0.131. The van der Waals surface area contributed by atoms with Crippen molar-refractivity contribution < 1.29 is 9.53 Å². The van der Waals surface area contributed by atoms with Crippen LogP contribution in [0.4, 0.5) is 0 Å². The van der Waals surface area contributed by atoms with Gasteiger partial charge in [0.1, 0.15) is 6.10 Å². The third-order valence-corrected chi connectivity index (χ3v) is 2.59. The number of carbonyl (C=O) groups is 1. The molecule has 0 spiro atoms. The van der Waals surface area contributed by atoms with E-state index in [0.717, 1.165) is 5.65 Å². The maximum Gasteiger partial charge on any atom is 0.249 e. The lowest BCUT2D eigenvalue weighted by Crippen LogP contribution is -2.34. The zero-order chi connectivity index (χ0) is 13.0. The molecule has 6 heteroatoms. The van der Waals surface area contributed by atoms with Crippen molar-refractivity contribution in [1.29, 1.82) is 0 Å². The van der Waals surface area contributed by atoms with Gasteiger partial charge in [-0.1, -0.05) is 6.07 Å². The molecule has 1 atom stereocenters. The highest BCUT2D eigenvalue weighted by atomic mass is 16.5. The molecule has 0 aliphatic carbocycles. The van der Waals surface area contributed by atoms with Gasteiger partial charge in [-0.25, -0.2) is 0 Å². The van der Waals surface area contributed by atoms with Gasteiger partial charge in [0.05, 0.1) is 6.54 Å². The second kappa shape index (κ2) is 5.59. The smallest absolute Gasteiger partial charge is 0.249 e. The maximum atomic E-state index is 11.7. The van der Waals surface area contributed by atoms with Gasteiger partial charge in [-0.15, -0.1) is 10.2 Å². The average molecular weight is 248 g/mol. The number of fused-ring (bicyclic) bond motifs is 1. The fraction of sp³-hybridized carbons (Fsp3) is 0.417. The van der Waals surface area contributed by atoms with E-state index in [-0.39, 0.29) is 5.91 Å². The molecule has 96 valence electrons. The van der Waals surface area contributed by atoms with Gasteiger partial charge in [0.2, 0.25) is 5.91 Å². The Bertz CT molecular complexity index is 538. The first-order chi connectivity index (χ1) is 8.72. The largest absolute Gasteiger partial charge is 0.369 e. The number of aromatic nitrogens is 3. The van der Waals surface area contributed by atoms with Gasteiger partial charge >= 0.3 is 0 Å². The SMILES string of the molecule is CCOC(C)C(=O)NCc1nnc2ccccn12. The number of nitrogens with zero attached hydrogens (tertiary/aromatic N) is 3. The molecule has 1 amide bonds. The minimum atomic E-state index is -0.450. The molecule has 0 fully saturated rings. The van der Waals surface area contributed by atoms with Crippen molar-refractivity contribution in [2.75, 3.05) is 6.61 Å². The Balaban J connectivity index is 2.00. The molecule has 18 heavy (non-hydrogen) atoms. The summed E-state index contributed by atoms with van der Waals surface area (Å²) in [6.07, 6.45) is 1.41. The Morgan fingerprint density at radius 3 is 3.11 bits per heavy atom. The zero-order valence-corrected chi connectivity index (χ0v) is 10.5. The molecule has 0 radical (unpaired) electrons. The second-order valence-corrected chi connectivity index (χ2v) is 3.86. The van der Waals surface area contributed by atoms with E-state index >= 15 is 0 Å². The van der Waals surface area contributed by atoms with E-state index in [9.17, 15) is 4.79 Å². The number of rotatable bonds is 5. The van der Waals surface area contributed by atoms with E-state index in [1.165, 1.54) is 0 Å². The number of nitrogens with one attached hydrogen (secondary N) is 1. The van der Waals surface area contributed by atoms with Crippen molar-refractivity contribution in [2.24, 2.45) is 0 Å². The van der Waals surface area contributed by atoms with Crippen LogP contribution < -0.4 is 5.32 Å². The molecule has 1 unspecified atom stereocenters. The Kier molecular flexibility index (Phi) is 3.88. The van der Waals surface area contributed by atoms with Crippen LogP contribution in [0.15, 0.2) is 24.4 Å². The molecule has 2 rings (SSSR count). The van der Waals surface area contributed by atoms with Gasteiger partial charge in [0, 0.05) is 12.8 Å². The van der Waals surface area contributed by atoms with Crippen molar-refractivity contribution in [3.8, 4) is 0 Å². The third kappa shape index (κ3) is 2.65. The minimum Gasteiger partial charge on any atom is -0.369 e. The summed E-state index contributed by atoms with van der Waals surface area (Å²) in [6, 6.07) is 5.65. The summed E-state index contributed by atoms with van der Waals surface area (Å²) < 4.78 is 7.05. The summed E-state index contributed by atoms with van der Waals surface area (Å²) in [4.78, 5) is 11.7. The minimum absolute atomic E-state index is 0.149. The number of ether oxygens (including phenoxy) is 1. The number of hydrogen-bond donors (Lipinski definition) is 1. The number of pyridine rings is 1. The molecule has 0 aliphatic heterocycles. The van der Waals surface area contributed by atoms with E-state index in [1.54, 1.807) is 6.92 Å². The van der Waals surface area contributed by atoms with Crippen LogP contribution in [0.1, 0.15) is 19.7 Å². The van der Waals surface area contributed by atoms with Crippen LogP contribution in [0.25, 0.3) is 5.65 Å². The molecule has 0 aromatic carbocycles. The van der Waals surface area contributed by atoms with Crippen molar-refractivity contribution in [1.82, 2.24) is 19.9 Å². The van der Waals surface area contributed by atoms with Crippen LogP contribution in [0, 0.1) is 0 Å². The van der Waals surface area contributed by atoms with E-state index < -0.39 is 6.10 Å². The molecular formula is C12H16N4O2. The van der Waals surface area contributed by atoms with Gasteiger partial charge in [-0.05, 0) is 26.0 Å². The molecule has 2 aromatic rings. The quantitative estimate of drug-likeness (QED) is 0.848. The lowest BCUT2D eigenvalue weighted by atomic mass is 10.3. The monoisotopic (exact) mass is 248 g/mol. The van der Waals surface area contributed by atoms with Crippen LogP contribution in [0.2, 0.25) is 0 Å². The fourth-order valence-corrected chi connectivity index (χ4v) is 1.65. The van der Waals surface area contributed by atoms with Crippen molar-refractivity contribution in [3.05, 3.63) is 30.2 Å². The third-order valence-electron chi connectivity index (χ3n) is 2.59. The number of amides is 1. The van der Waals surface area contributed by atoms with E-state index in [4.69, 9.17) is 4.74 Å². The summed E-state index contributed by atoms with van der Waals surface area (Å²) in [6.45, 7) is 4.43. The van der Waals surface area contributed by atoms with Gasteiger partial charge in [0.15, 0.2) is 11.5 Å². The van der Waals surface area contributed by atoms with Crippen LogP contribution in [0.5, 0.6) is 0 Å². The second-order valence-electron chi connectivity index (χ2n) is 3.86. The van der Waals surface area contributed by atoms with Gasteiger partial charge in [-0.3, -0.25) is 9.20 Å². The molecule has 6 nitrogen and oxygen atoms in total. The standard InChI is InChI=1S/C12H16N4O2/c1-3-18-9(2)12(17)13-8-11-15-14-10-6-4-5-7-16(10)11/h4-7,9H,3,8H2,1-2H3,(H,13,17). The summed E-state index contributed by atoms with van der Waals surface area (Å²) >= 11 is 0. The Labute approximate surface area is 105 Å². The van der Waals surface area contributed by atoms with Gasteiger partial charge in [-0.2, -0.15) is 0 Å². The fourth-order valence-electron chi connectivity index (χ4n) is 1.65. The van der Waals surface area contributed by atoms with Crippen LogP contribution in [0.3, 0.4) is 0 Å². The van der Waals surface area contributed by atoms with E-state index in [1.807, 2.05) is 35.7 Å². The Hall–Kier alpha value is -1.95. The maximum absolute atomic E-state index is 11.7. The van der Waals surface area contributed by atoms with Crippen LogP contribution in [-0.2, 0) is 16.1 Å². The van der Waals surface area contributed by atoms with Crippen LogP contribution >= 0.6 is 0 Å². The lowest BCUT2D eigenvalue weighted by Gasteiger charge is -2.11. The zero-order valence-electron chi connectivity index (χ0n) is 10.5. The molecule has 0 bridgehead atoms. The summed E-state index contributed by atoms with van der Waals surface area (Å²) in [5, 5.41) is 10.8. The predicted octanol–water partition coefficient (Wildman–Crippen LogP) is 0.770. The van der Waals surface area contributed by atoms with Crippen molar-refractivity contribution in [3.63, 3.8) is 0 Å². The Morgan fingerprint density at radius 2 is 2.33 bits per heavy atom. The molecule has 0 saturated heterocycles. The van der Waals surface area contributed by atoms with Crippen molar-refractivity contribution in [2.45, 2.75) is 26.5 Å². The van der Waals surface area contributed by atoms with Gasteiger partial charge < -0.3 is 10.1 Å². The normalized spacial score (nSPS) is 12.6. The summed E-state index contributed by atoms with van der Waals surface area (Å²) in [5.74, 6) is 0.548. The first-order valence-corrected chi connectivity index (χ1v) is 5.90. The van der Waals surface area contributed by atoms with Crippen LogP contribution in [-0.4, -0.2) is 33.2 Å². The highest BCUT2D eigenvalue weighted by Gasteiger charge is 2.13. The number of carbonyl (C=O) groups excluding carboxylic acids is 1. The first kappa shape index (κ1) is 12.5. The average Bonchev–Trinajstić information content (AvgIpc) is 2.79. The molecule has 1 N–H and O–H groups in total. The molecule has 0 saturated carbocycles. The highest BCUT2D eigenvalue weighted by molar-refractivity contribution is 5.80. The molecular weight excluding hydrogens is 232 g/mol. The van der Waals surface area contributed by atoms with Crippen molar-refractivity contribution >= 4 is 11.6 Å². The predicted molar refractivity (Wildman–Crippen MR) is 65.9 cm³/mol. The van der Waals surface area contributed by atoms with Gasteiger partial charge in [0.25, 0.3) is 0 Å². The topological polar surface area (TPSA) is 68.5 Å². The first-order valence-electron chi connectivity index (χ1n) is 5.90. The van der Waals surface area contributed by atoms with E-state index in [0.29, 0.717) is 19.0 Å². The summed E-state index contributed by atoms with van der Waals surface area (Å²) in [7, 11) is 0. The van der Waals surface area contributed by atoms with E-state index in [2.05, 4.69) is 15.5 Å². The highest BCUT2D eigenvalue weighted by Crippen LogP contribution is 2.02. The Morgan fingerprint density at radius 1 is 1.50 bits per heavy atom.